The predicted molar refractivity (Wildman–Crippen MR) is 71.0 cm³/mol. The first-order chi connectivity index (χ1) is 8.77. The van der Waals surface area contributed by atoms with Crippen LogP contribution in [0.4, 0.5) is 0 Å². The Balaban J connectivity index is 2.18. The Labute approximate surface area is 105 Å². The molecule has 0 spiro atoms. The Morgan fingerprint density at radius 1 is 1.11 bits per heavy atom. The van der Waals surface area contributed by atoms with E-state index in [1.54, 1.807) is 12.4 Å². The number of pyridine rings is 1. The van der Waals surface area contributed by atoms with E-state index in [-0.39, 0.29) is 6.04 Å². The fourth-order valence-electron chi connectivity index (χ4n) is 2.19. The smallest absolute Gasteiger partial charge is 0.131 e. The lowest BCUT2D eigenvalue weighted by molar-refractivity contribution is 0.705. The van der Waals surface area contributed by atoms with E-state index >= 15 is 0 Å². The Morgan fingerprint density at radius 3 is 2.72 bits per heavy atom. The Bertz CT molecular complexity index is 682. The minimum Gasteiger partial charge on any atom is -0.336 e. The number of nitrogens with zero attached hydrogens (tertiary/aromatic N) is 3. The highest BCUT2D eigenvalue weighted by Gasteiger charge is 2.16. The molecule has 18 heavy (non-hydrogen) atoms. The first kappa shape index (κ1) is 10.9. The highest BCUT2D eigenvalue weighted by atomic mass is 15.1. The zero-order valence-electron chi connectivity index (χ0n) is 10.1. The number of aryl methyl sites for hydroxylation is 1. The topological polar surface area (TPSA) is 56.7 Å². The summed E-state index contributed by atoms with van der Waals surface area (Å²) in [7, 11) is 1.94. The SMILES string of the molecule is Cn1ccnc1C(N)c1nccc2ccccc12. The van der Waals surface area contributed by atoms with Gasteiger partial charge in [0.15, 0.2) is 0 Å². The average molecular weight is 238 g/mol. The number of imidazole rings is 1. The van der Waals surface area contributed by atoms with E-state index in [2.05, 4.69) is 16.0 Å². The lowest BCUT2D eigenvalue weighted by Crippen LogP contribution is -2.18. The molecule has 1 aromatic carbocycles. The molecule has 3 rings (SSSR count). The van der Waals surface area contributed by atoms with Gasteiger partial charge in [-0.15, -0.1) is 0 Å². The van der Waals surface area contributed by atoms with Crippen LogP contribution in [0.5, 0.6) is 0 Å². The van der Waals surface area contributed by atoms with Gasteiger partial charge in [0.05, 0.1) is 5.69 Å². The second-order valence-corrected chi connectivity index (χ2v) is 4.29. The zero-order chi connectivity index (χ0) is 12.5. The van der Waals surface area contributed by atoms with E-state index in [4.69, 9.17) is 5.73 Å². The summed E-state index contributed by atoms with van der Waals surface area (Å²) >= 11 is 0. The van der Waals surface area contributed by atoms with Gasteiger partial charge < -0.3 is 10.3 Å². The zero-order valence-corrected chi connectivity index (χ0v) is 10.1. The van der Waals surface area contributed by atoms with Crippen molar-refractivity contribution >= 4 is 10.8 Å². The number of fused-ring (bicyclic) bond motifs is 1. The minimum absolute atomic E-state index is 0.309. The molecule has 4 heteroatoms. The summed E-state index contributed by atoms with van der Waals surface area (Å²) in [5.74, 6) is 0.818. The third-order valence-electron chi connectivity index (χ3n) is 3.14. The van der Waals surface area contributed by atoms with Crippen LogP contribution < -0.4 is 5.73 Å². The Morgan fingerprint density at radius 2 is 1.94 bits per heavy atom. The lowest BCUT2D eigenvalue weighted by Gasteiger charge is -2.13. The fourth-order valence-corrected chi connectivity index (χ4v) is 2.19. The Hall–Kier alpha value is -2.20. The van der Waals surface area contributed by atoms with Gasteiger partial charge in [-0.2, -0.15) is 0 Å². The molecule has 2 aromatic heterocycles. The normalized spacial score (nSPS) is 12.8. The van der Waals surface area contributed by atoms with Gasteiger partial charge in [0.25, 0.3) is 0 Å². The number of nitrogens with two attached hydrogens (primary N) is 1. The van der Waals surface area contributed by atoms with Crippen molar-refractivity contribution in [1.29, 1.82) is 0 Å². The van der Waals surface area contributed by atoms with E-state index < -0.39 is 0 Å². The van der Waals surface area contributed by atoms with Gasteiger partial charge in [0.2, 0.25) is 0 Å². The summed E-state index contributed by atoms with van der Waals surface area (Å²) in [5.41, 5.74) is 7.15. The highest BCUT2D eigenvalue weighted by Crippen LogP contribution is 2.24. The van der Waals surface area contributed by atoms with Crippen LogP contribution in [0.2, 0.25) is 0 Å². The first-order valence-corrected chi connectivity index (χ1v) is 5.84. The maximum Gasteiger partial charge on any atom is 0.131 e. The third-order valence-corrected chi connectivity index (χ3v) is 3.14. The van der Waals surface area contributed by atoms with Crippen LogP contribution in [-0.2, 0) is 7.05 Å². The molecule has 4 nitrogen and oxygen atoms in total. The van der Waals surface area contributed by atoms with Crippen molar-refractivity contribution in [2.75, 3.05) is 0 Å². The lowest BCUT2D eigenvalue weighted by atomic mass is 10.1. The number of rotatable bonds is 2. The van der Waals surface area contributed by atoms with E-state index in [9.17, 15) is 0 Å². The van der Waals surface area contributed by atoms with Crippen molar-refractivity contribution in [3.8, 4) is 0 Å². The van der Waals surface area contributed by atoms with Gasteiger partial charge in [-0.25, -0.2) is 4.98 Å². The molecular weight excluding hydrogens is 224 g/mol. The highest BCUT2D eigenvalue weighted by molar-refractivity contribution is 5.84. The number of aromatic nitrogens is 3. The quantitative estimate of drug-likeness (QED) is 0.743. The fraction of sp³-hybridized carbons (Fsp3) is 0.143. The maximum absolute atomic E-state index is 6.28. The molecule has 0 aliphatic heterocycles. The van der Waals surface area contributed by atoms with Crippen molar-refractivity contribution in [2.24, 2.45) is 12.8 Å². The molecule has 0 aliphatic rings. The van der Waals surface area contributed by atoms with E-state index in [0.29, 0.717) is 0 Å². The van der Waals surface area contributed by atoms with Crippen molar-refractivity contribution in [1.82, 2.24) is 14.5 Å². The van der Waals surface area contributed by atoms with E-state index in [1.807, 2.05) is 42.1 Å². The van der Waals surface area contributed by atoms with Gasteiger partial charge in [-0.1, -0.05) is 24.3 Å². The van der Waals surface area contributed by atoms with E-state index in [0.717, 1.165) is 22.3 Å². The third kappa shape index (κ3) is 1.67. The van der Waals surface area contributed by atoms with Crippen molar-refractivity contribution in [2.45, 2.75) is 6.04 Å². The standard InChI is InChI=1S/C14H14N4/c1-18-9-8-17-14(18)12(15)13-11-5-3-2-4-10(11)6-7-16-13/h2-9,12H,15H2,1H3. The predicted octanol–water partition coefficient (Wildman–Crippen LogP) is 2.02. The van der Waals surface area contributed by atoms with Crippen LogP contribution in [0.25, 0.3) is 10.8 Å². The summed E-state index contributed by atoms with van der Waals surface area (Å²) < 4.78 is 1.92. The summed E-state index contributed by atoms with van der Waals surface area (Å²) in [6.07, 6.45) is 5.43. The molecule has 1 unspecified atom stereocenters. The van der Waals surface area contributed by atoms with Crippen LogP contribution in [0.15, 0.2) is 48.9 Å². The average Bonchev–Trinajstić information content (AvgIpc) is 2.83. The number of benzene rings is 1. The van der Waals surface area contributed by atoms with Gasteiger partial charge in [-0.3, -0.25) is 4.98 Å². The molecule has 0 amide bonds. The summed E-state index contributed by atoms with van der Waals surface area (Å²) in [5, 5.41) is 2.22. The molecule has 0 saturated carbocycles. The number of hydrogen-bond donors (Lipinski definition) is 1. The molecule has 0 bridgehead atoms. The molecule has 0 radical (unpaired) electrons. The largest absolute Gasteiger partial charge is 0.336 e. The summed E-state index contributed by atoms with van der Waals surface area (Å²) in [6, 6.07) is 9.80. The molecule has 0 fully saturated rings. The summed E-state index contributed by atoms with van der Waals surface area (Å²) in [4.78, 5) is 8.72. The summed E-state index contributed by atoms with van der Waals surface area (Å²) in [6.45, 7) is 0. The first-order valence-electron chi connectivity index (χ1n) is 5.84. The van der Waals surface area contributed by atoms with Crippen LogP contribution in [0.1, 0.15) is 17.6 Å². The van der Waals surface area contributed by atoms with Gasteiger partial charge in [0.1, 0.15) is 11.9 Å². The van der Waals surface area contributed by atoms with Crippen molar-refractivity contribution < 1.29 is 0 Å². The van der Waals surface area contributed by atoms with Gasteiger partial charge >= 0.3 is 0 Å². The molecule has 2 N–H and O–H groups in total. The van der Waals surface area contributed by atoms with Crippen molar-refractivity contribution in [3.05, 3.63) is 60.4 Å². The molecule has 3 aromatic rings. The van der Waals surface area contributed by atoms with Crippen molar-refractivity contribution in [3.63, 3.8) is 0 Å². The molecular formula is C14H14N4. The monoisotopic (exact) mass is 238 g/mol. The molecule has 90 valence electrons. The van der Waals surface area contributed by atoms with Crippen LogP contribution in [0.3, 0.4) is 0 Å². The maximum atomic E-state index is 6.28. The second kappa shape index (κ2) is 4.23. The molecule has 2 heterocycles. The van der Waals surface area contributed by atoms with Crippen LogP contribution in [0, 0.1) is 0 Å². The second-order valence-electron chi connectivity index (χ2n) is 4.29. The van der Waals surface area contributed by atoms with E-state index in [1.165, 1.54) is 0 Å². The van der Waals surface area contributed by atoms with Gasteiger partial charge in [0, 0.05) is 31.0 Å². The van der Waals surface area contributed by atoms with Gasteiger partial charge in [-0.05, 0) is 11.5 Å². The molecule has 1 atom stereocenters. The van der Waals surface area contributed by atoms with Crippen LogP contribution >= 0.6 is 0 Å². The minimum atomic E-state index is -0.309. The molecule has 0 saturated heterocycles. The Kier molecular flexibility index (Phi) is 2.57. The molecule has 0 aliphatic carbocycles. The van der Waals surface area contributed by atoms with Crippen LogP contribution in [-0.4, -0.2) is 14.5 Å². The number of hydrogen-bond acceptors (Lipinski definition) is 3.